The number of nitrogens with zero attached hydrogens (tertiary/aromatic N) is 4. The van der Waals surface area contributed by atoms with Gasteiger partial charge >= 0.3 is 12.0 Å². The van der Waals surface area contributed by atoms with E-state index in [1.54, 1.807) is 20.8 Å². The molecule has 0 bridgehead atoms. The third-order valence-electron chi connectivity index (χ3n) is 2.14. The topological polar surface area (TPSA) is 124 Å². The summed E-state index contributed by atoms with van der Waals surface area (Å²) in [6.07, 6.45) is 0. The lowest BCUT2D eigenvalue weighted by atomic mass is 10.1. The number of carboxylic acid groups (broad SMARTS) is 1. The molecule has 0 atom stereocenters. The molecule has 0 unspecified atom stereocenters. The summed E-state index contributed by atoms with van der Waals surface area (Å²) in [5, 5.41) is 24.3. The molecule has 0 saturated carbocycles. The van der Waals surface area contributed by atoms with Gasteiger partial charge in [0, 0.05) is 5.54 Å². The van der Waals surface area contributed by atoms with Gasteiger partial charge in [0.05, 0.1) is 6.54 Å². The number of carbonyl (C=O) groups excluding carboxylic acids is 1. The van der Waals surface area contributed by atoms with Crippen molar-refractivity contribution in [2.75, 3.05) is 6.54 Å². The zero-order valence-electron chi connectivity index (χ0n) is 10.5. The predicted molar refractivity (Wildman–Crippen MR) is 60.5 cm³/mol. The molecule has 1 aromatic rings. The van der Waals surface area contributed by atoms with Crippen LogP contribution in [0.1, 0.15) is 26.6 Å². The van der Waals surface area contributed by atoms with Crippen molar-refractivity contribution in [2.45, 2.75) is 32.9 Å². The number of tetrazole rings is 1. The first-order chi connectivity index (χ1) is 8.30. The van der Waals surface area contributed by atoms with E-state index in [2.05, 4.69) is 25.9 Å². The van der Waals surface area contributed by atoms with Gasteiger partial charge in [-0.15, -0.1) is 10.2 Å². The SMILES string of the molecule is CC(C)(C)N(CC(=O)O)C(=O)NCc1nn[nH]n1. The lowest BCUT2D eigenvalue weighted by molar-refractivity contribution is -0.138. The molecule has 1 heterocycles. The van der Waals surface area contributed by atoms with Crippen LogP contribution in [0.5, 0.6) is 0 Å². The van der Waals surface area contributed by atoms with Gasteiger partial charge in [-0.3, -0.25) is 4.79 Å². The van der Waals surface area contributed by atoms with Gasteiger partial charge in [0.15, 0.2) is 5.82 Å². The summed E-state index contributed by atoms with van der Waals surface area (Å²) < 4.78 is 0. The molecule has 0 aliphatic heterocycles. The van der Waals surface area contributed by atoms with E-state index in [-0.39, 0.29) is 13.1 Å². The minimum atomic E-state index is -1.07. The number of carboxylic acids is 1. The maximum atomic E-state index is 11.9. The molecule has 100 valence electrons. The van der Waals surface area contributed by atoms with Crippen LogP contribution in [0.2, 0.25) is 0 Å². The standard InChI is InChI=1S/C9H16N6O3/c1-9(2,3)15(5-7(16)17)8(18)10-4-6-11-13-14-12-6/h4-5H2,1-3H3,(H,10,18)(H,16,17)(H,11,12,13,14). The third-order valence-corrected chi connectivity index (χ3v) is 2.14. The molecular formula is C9H16N6O3. The van der Waals surface area contributed by atoms with Crippen molar-refractivity contribution < 1.29 is 14.7 Å². The molecule has 0 fully saturated rings. The van der Waals surface area contributed by atoms with E-state index in [9.17, 15) is 9.59 Å². The van der Waals surface area contributed by atoms with Crippen LogP contribution >= 0.6 is 0 Å². The number of aliphatic carboxylic acids is 1. The van der Waals surface area contributed by atoms with Gasteiger partial charge in [-0.1, -0.05) is 5.21 Å². The van der Waals surface area contributed by atoms with Crippen molar-refractivity contribution in [2.24, 2.45) is 0 Å². The first kappa shape index (κ1) is 13.9. The average molecular weight is 256 g/mol. The van der Waals surface area contributed by atoms with Crippen LogP contribution in [0, 0.1) is 0 Å². The Labute approximate surface area is 104 Å². The van der Waals surface area contributed by atoms with E-state index in [1.165, 1.54) is 4.90 Å². The number of carbonyl (C=O) groups is 2. The van der Waals surface area contributed by atoms with Crippen LogP contribution in [0.15, 0.2) is 0 Å². The number of rotatable bonds is 4. The number of amides is 2. The van der Waals surface area contributed by atoms with E-state index in [0.717, 1.165) is 0 Å². The maximum Gasteiger partial charge on any atom is 0.323 e. The summed E-state index contributed by atoms with van der Waals surface area (Å²) in [7, 11) is 0. The van der Waals surface area contributed by atoms with Gasteiger partial charge in [-0.05, 0) is 20.8 Å². The van der Waals surface area contributed by atoms with E-state index >= 15 is 0 Å². The second-order valence-corrected chi connectivity index (χ2v) is 4.64. The lowest BCUT2D eigenvalue weighted by Gasteiger charge is -2.34. The second kappa shape index (κ2) is 5.43. The molecule has 9 heteroatoms. The zero-order chi connectivity index (χ0) is 13.8. The van der Waals surface area contributed by atoms with Gasteiger partial charge in [0.2, 0.25) is 0 Å². The fourth-order valence-corrected chi connectivity index (χ4v) is 1.26. The van der Waals surface area contributed by atoms with E-state index in [4.69, 9.17) is 5.11 Å². The number of H-pyrrole nitrogens is 1. The Hall–Kier alpha value is -2.19. The largest absolute Gasteiger partial charge is 0.480 e. The molecule has 9 nitrogen and oxygen atoms in total. The molecule has 0 saturated heterocycles. The zero-order valence-corrected chi connectivity index (χ0v) is 10.5. The second-order valence-electron chi connectivity index (χ2n) is 4.64. The number of hydrogen-bond donors (Lipinski definition) is 3. The van der Waals surface area contributed by atoms with Crippen LogP contribution in [0.3, 0.4) is 0 Å². The smallest absolute Gasteiger partial charge is 0.323 e. The molecule has 0 radical (unpaired) electrons. The first-order valence-electron chi connectivity index (χ1n) is 5.30. The Bertz CT molecular complexity index is 410. The molecular weight excluding hydrogens is 240 g/mol. The fraction of sp³-hybridized carbons (Fsp3) is 0.667. The molecule has 0 aliphatic rings. The molecule has 1 aromatic heterocycles. The predicted octanol–water partition coefficient (Wildman–Crippen LogP) is -0.406. The summed E-state index contributed by atoms with van der Waals surface area (Å²) in [5.41, 5.74) is -0.597. The quantitative estimate of drug-likeness (QED) is 0.673. The van der Waals surface area contributed by atoms with Crippen LogP contribution in [-0.2, 0) is 11.3 Å². The van der Waals surface area contributed by atoms with Crippen molar-refractivity contribution in [1.29, 1.82) is 0 Å². The Morgan fingerprint density at radius 2 is 2.11 bits per heavy atom. The third kappa shape index (κ3) is 4.00. The molecule has 3 N–H and O–H groups in total. The summed E-state index contributed by atoms with van der Waals surface area (Å²) in [5.74, 6) is -0.743. The van der Waals surface area contributed by atoms with E-state index in [1.807, 2.05) is 0 Å². The number of urea groups is 1. The number of aromatic nitrogens is 4. The lowest BCUT2D eigenvalue weighted by Crippen LogP contribution is -2.52. The monoisotopic (exact) mass is 256 g/mol. The highest BCUT2D eigenvalue weighted by Crippen LogP contribution is 2.12. The summed E-state index contributed by atoms with van der Waals surface area (Å²) in [6, 6.07) is -0.491. The maximum absolute atomic E-state index is 11.9. The Balaban J connectivity index is 2.62. The summed E-state index contributed by atoms with van der Waals surface area (Å²) in [4.78, 5) is 23.8. The van der Waals surface area contributed by atoms with Crippen LogP contribution < -0.4 is 5.32 Å². The number of nitrogens with one attached hydrogen (secondary N) is 2. The average Bonchev–Trinajstić information content (AvgIpc) is 2.73. The number of aromatic amines is 1. The number of hydrogen-bond acceptors (Lipinski definition) is 5. The fourth-order valence-electron chi connectivity index (χ4n) is 1.26. The summed E-state index contributed by atoms with van der Waals surface area (Å²) >= 11 is 0. The normalized spacial score (nSPS) is 11.1. The minimum absolute atomic E-state index is 0.0849. The molecule has 0 aliphatic carbocycles. The first-order valence-corrected chi connectivity index (χ1v) is 5.30. The summed E-state index contributed by atoms with van der Waals surface area (Å²) in [6.45, 7) is 4.97. The van der Waals surface area contributed by atoms with Crippen LogP contribution in [0.4, 0.5) is 4.79 Å². The Kier molecular flexibility index (Phi) is 4.18. The van der Waals surface area contributed by atoms with Crippen LogP contribution in [-0.4, -0.2) is 54.7 Å². The van der Waals surface area contributed by atoms with Gasteiger partial charge in [-0.2, -0.15) is 5.21 Å². The highest BCUT2D eigenvalue weighted by molar-refractivity contribution is 5.80. The van der Waals surface area contributed by atoms with Gasteiger partial charge in [-0.25, -0.2) is 4.79 Å². The van der Waals surface area contributed by atoms with Crippen molar-refractivity contribution in [3.8, 4) is 0 Å². The van der Waals surface area contributed by atoms with Gasteiger partial charge in [0.1, 0.15) is 6.54 Å². The molecule has 2 amide bonds. The van der Waals surface area contributed by atoms with Gasteiger partial charge < -0.3 is 15.3 Å². The van der Waals surface area contributed by atoms with Crippen molar-refractivity contribution in [3.05, 3.63) is 5.82 Å². The van der Waals surface area contributed by atoms with Crippen LogP contribution in [0.25, 0.3) is 0 Å². The van der Waals surface area contributed by atoms with Crippen molar-refractivity contribution >= 4 is 12.0 Å². The molecule has 1 rings (SSSR count). The van der Waals surface area contributed by atoms with Gasteiger partial charge in [0.25, 0.3) is 0 Å². The molecule has 0 spiro atoms. The van der Waals surface area contributed by atoms with E-state index < -0.39 is 17.5 Å². The van der Waals surface area contributed by atoms with E-state index in [0.29, 0.717) is 5.82 Å². The highest BCUT2D eigenvalue weighted by atomic mass is 16.4. The molecule has 0 aromatic carbocycles. The molecule has 18 heavy (non-hydrogen) atoms. The van der Waals surface area contributed by atoms with Crippen molar-refractivity contribution in [3.63, 3.8) is 0 Å². The highest BCUT2D eigenvalue weighted by Gasteiger charge is 2.28. The Morgan fingerprint density at radius 1 is 1.44 bits per heavy atom. The minimum Gasteiger partial charge on any atom is -0.480 e. The Morgan fingerprint density at radius 3 is 2.56 bits per heavy atom. The van der Waals surface area contributed by atoms with Crippen molar-refractivity contribution in [1.82, 2.24) is 30.8 Å².